The third kappa shape index (κ3) is 4.67. The van der Waals surface area contributed by atoms with Crippen LogP contribution in [-0.4, -0.2) is 28.7 Å². The van der Waals surface area contributed by atoms with Crippen LogP contribution >= 0.6 is 11.8 Å². The third-order valence-electron chi connectivity index (χ3n) is 3.94. The van der Waals surface area contributed by atoms with E-state index >= 15 is 0 Å². The second-order valence-electron chi connectivity index (χ2n) is 5.72. The van der Waals surface area contributed by atoms with Crippen molar-refractivity contribution in [1.29, 1.82) is 0 Å². The number of ether oxygens (including phenoxy) is 1. The van der Waals surface area contributed by atoms with Crippen molar-refractivity contribution in [2.75, 3.05) is 18.2 Å². The standard InChI is InChI=1S/C20H21N3O2S/c1-3-14-4-8-16(9-5-14)22-19(24)13-26-20-21-12-18(23-20)15-6-10-17(25-2)11-7-15/h4-12H,3,13H2,1-2H3,(H,21,23)(H,22,24). The van der Waals surface area contributed by atoms with E-state index in [0.29, 0.717) is 10.9 Å². The van der Waals surface area contributed by atoms with E-state index in [-0.39, 0.29) is 5.91 Å². The molecule has 0 aliphatic rings. The van der Waals surface area contributed by atoms with Gasteiger partial charge in [-0.2, -0.15) is 0 Å². The number of anilines is 1. The first-order valence-corrected chi connectivity index (χ1v) is 9.37. The number of hydrogen-bond acceptors (Lipinski definition) is 4. The average Bonchev–Trinajstić information content (AvgIpc) is 3.16. The fourth-order valence-electron chi connectivity index (χ4n) is 2.45. The second-order valence-corrected chi connectivity index (χ2v) is 6.68. The lowest BCUT2D eigenvalue weighted by atomic mass is 10.1. The van der Waals surface area contributed by atoms with Crippen LogP contribution in [0, 0.1) is 0 Å². The number of benzene rings is 2. The van der Waals surface area contributed by atoms with Gasteiger partial charge in [0, 0.05) is 5.69 Å². The highest BCUT2D eigenvalue weighted by Crippen LogP contribution is 2.23. The summed E-state index contributed by atoms with van der Waals surface area (Å²) in [6.45, 7) is 2.10. The summed E-state index contributed by atoms with van der Waals surface area (Å²) in [5.74, 6) is 1.05. The van der Waals surface area contributed by atoms with Gasteiger partial charge >= 0.3 is 0 Å². The molecule has 2 aromatic carbocycles. The highest BCUT2D eigenvalue weighted by atomic mass is 32.2. The summed E-state index contributed by atoms with van der Waals surface area (Å²) < 4.78 is 5.16. The molecule has 134 valence electrons. The highest BCUT2D eigenvalue weighted by Gasteiger charge is 2.08. The predicted molar refractivity (Wildman–Crippen MR) is 106 cm³/mol. The second kappa shape index (κ2) is 8.58. The number of carbonyl (C=O) groups is 1. The van der Waals surface area contributed by atoms with E-state index in [1.54, 1.807) is 13.3 Å². The zero-order valence-corrected chi connectivity index (χ0v) is 15.6. The van der Waals surface area contributed by atoms with Crippen LogP contribution in [0.15, 0.2) is 59.9 Å². The lowest BCUT2D eigenvalue weighted by Crippen LogP contribution is -2.14. The molecule has 0 radical (unpaired) electrons. The largest absolute Gasteiger partial charge is 0.497 e. The van der Waals surface area contributed by atoms with Crippen LogP contribution in [0.3, 0.4) is 0 Å². The van der Waals surface area contributed by atoms with Gasteiger partial charge in [-0.1, -0.05) is 30.8 Å². The van der Waals surface area contributed by atoms with Gasteiger partial charge in [0.25, 0.3) is 0 Å². The first-order valence-electron chi connectivity index (χ1n) is 8.39. The molecule has 3 aromatic rings. The Hall–Kier alpha value is -2.73. The van der Waals surface area contributed by atoms with Crippen molar-refractivity contribution in [1.82, 2.24) is 9.97 Å². The van der Waals surface area contributed by atoms with Crippen molar-refractivity contribution in [2.45, 2.75) is 18.5 Å². The Balaban J connectivity index is 1.54. The van der Waals surface area contributed by atoms with E-state index in [1.165, 1.54) is 17.3 Å². The number of amides is 1. The molecule has 5 nitrogen and oxygen atoms in total. The number of H-pyrrole nitrogens is 1. The number of carbonyl (C=O) groups excluding carboxylic acids is 1. The molecular weight excluding hydrogens is 346 g/mol. The van der Waals surface area contributed by atoms with Gasteiger partial charge in [-0.3, -0.25) is 4.79 Å². The fraction of sp³-hybridized carbons (Fsp3) is 0.200. The molecule has 1 aromatic heterocycles. The van der Waals surface area contributed by atoms with Gasteiger partial charge in [-0.05, 0) is 53.9 Å². The number of methoxy groups -OCH3 is 1. The molecule has 6 heteroatoms. The molecule has 2 N–H and O–H groups in total. The summed E-state index contributed by atoms with van der Waals surface area (Å²) in [6.07, 6.45) is 2.75. The van der Waals surface area contributed by atoms with Crippen LogP contribution < -0.4 is 10.1 Å². The van der Waals surface area contributed by atoms with Gasteiger partial charge < -0.3 is 15.0 Å². The molecule has 0 bridgehead atoms. The van der Waals surface area contributed by atoms with Crippen LogP contribution in [0.1, 0.15) is 12.5 Å². The van der Waals surface area contributed by atoms with Crippen molar-refractivity contribution < 1.29 is 9.53 Å². The minimum atomic E-state index is -0.0540. The van der Waals surface area contributed by atoms with Gasteiger partial charge in [-0.25, -0.2) is 4.98 Å². The summed E-state index contributed by atoms with van der Waals surface area (Å²) in [5, 5.41) is 3.61. The zero-order chi connectivity index (χ0) is 18.4. The number of rotatable bonds is 7. The van der Waals surface area contributed by atoms with Crippen molar-refractivity contribution in [3.63, 3.8) is 0 Å². The fourth-order valence-corrected chi connectivity index (χ4v) is 3.10. The van der Waals surface area contributed by atoms with Crippen molar-refractivity contribution in [3.05, 3.63) is 60.3 Å². The van der Waals surface area contributed by atoms with E-state index < -0.39 is 0 Å². The maximum atomic E-state index is 12.1. The topological polar surface area (TPSA) is 67.0 Å². The minimum Gasteiger partial charge on any atom is -0.497 e. The van der Waals surface area contributed by atoms with Crippen molar-refractivity contribution in [2.24, 2.45) is 0 Å². The van der Waals surface area contributed by atoms with E-state index in [0.717, 1.165) is 29.1 Å². The first kappa shape index (κ1) is 18.1. The molecule has 0 aliphatic carbocycles. The number of nitrogens with one attached hydrogen (secondary N) is 2. The molecule has 0 spiro atoms. The maximum Gasteiger partial charge on any atom is 0.234 e. The monoisotopic (exact) mass is 367 g/mol. The molecule has 0 saturated carbocycles. The summed E-state index contributed by atoms with van der Waals surface area (Å²) in [5.41, 5.74) is 3.99. The summed E-state index contributed by atoms with van der Waals surface area (Å²) >= 11 is 1.38. The van der Waals surface area contributed by atoms with Crippen LogP contribution in [-0.2, 0) is 11.2 Å². The smallest absolute Gasteiger partial charge is 0.234 e. The maximum absolute atomic E-state index is 12.1. The van der Waals surface area contributed by atoms with Crippen LogP contribution in [0.2, 0.25) is 0 Å². The van der Waals surface area contributed by atoms with Gasteiger partial charge in [0.15, 0.2) is 5.16 Å². The molecule has 3 rings (SSSR count). The van der Waals surface area contributed by atoms with Gasteiger partial charge in [0.05, 0.1) is 24.8 Å². The Morgan fingerprint density at radius 3 is 2.54 bits per heavy atom. The lowest BCUT2D eigenvalue weighted by Gasteiger charge is -2.05. The van der Waals surface area contributed by atoms with E-state index in [2.05, 4.69) is 22.2 Å². The van der Waals surface area contributed by atoms with Gasteiger partial charge in [0.2, 0.25) is 5.91 Å². The number of imidazole rings is 1. The summed E-state index contributed by atoms with van der Waals surface area (Å²) in [7, 11) is 1.64. The number of hydrogen-bond donors (Lipinski definition) is 2. The Kier molecular flexibility index (Phi) is 5.96. The SMILES string of the molecule is CCc1ccc(NC(=O)CSc2ncc(-c3ccc(OC)cc3)[nH]2)cc1. The summed E-state index contributed by atoms with van der Waals surface area (Å²) in [6, 6.07) is 15.6. The van der Waals surface area contributed by atoms with E-state index in [1.807, 2.05) is 48.5 Å². The van der Waals surface area contributed by atoms with Crippen LogP contribution in [0.5, 0.6) is 5.75 Å². The van der Waals surface area contributed by atoms with Crippen molar-refractivity contribution >= 4 is 23.4 Å². The zero-order valence-electron chi connectivity index (χ0n) is 14.8. The quantitative estimate of drug-likeness (QED) is 0.608. The molecule has 0 aliphatic heterocycles. The van der Waals surface area contributed by atoms with Crippen LogP contribution in [0.25, 0.3) is 11.3 Å². The number of thioether (sulfide) groups is 1. The molecule has 0 atom stereocenters. The summed E-state index contributed by atoms with van der Waals surface area (Å²) in [4.78, 5) is 19.7. The third-order valence-corrected chi connectivity index (χ3v) is 4.83. The molecule has 1 amide bonds. The predicted octanol–water partition coefficient (Wildman–Crippen LogP) is 4.38. The van der Waals surface area contributed by atoms with E-state index in [4.69, 9.17) is 4.74 Å². The van der Waals surface area contributed by atoms with E-state index in [9.17, 15) is 4.79 Å². The minimum absolute atomic E-state index is 0.0540. The Labute approximate surface area is 157 Å². The number of aromatic amines is 1. The molecule has 0 saturated heterocycles. The Morgan fingerprint density at radius 1 is 1.15 bits per heavy atom. The first-order chi connectivity index (χ1) is 12.7. The Morgan fingerprint density at radius 2 is 1.88 bits per heavy atom. The molecular formula is C20H21N3O2S. The normalized spacial score (nSPS) is 10.5. The number of aromatic nitrogens is 2. The van der Waals surface area contributed by atoms with Crippen molar-refractivity contribution in [3.8, 4) is 17.0 Å². The average molecular weight is 367 g/mol. The lowest BCUT2D eigenvalue weighted by molar-refractivity contribution is -0.113. The molecule has 26 heavy (non-hydrogen) atoms. The van der Waals surface area contributed by atoms with Crippen LogP contribution in [0.4, 0.5) is 5.69 Å². The Bertz CT molecular complexity index is 858. The molecule has 0 fully saturated rings. The number of nitrogens with zero attached hydrogens (tertiary/aromatic N) is 1. The highest BCUT2D eigenvalue weighted by molar-refractivity contribution is 7.99. The number of aryl methyl sites for hydroxylation is 1. The molecule has 0 unspecified atom stereocenters. The van der Waals surface area contributed by atoms with Gasteiger partial charge in [-0.15, -0.1) is 0 Å². The van der Waals surface area contributed by atoms with Gasteiger partial charge in [0.1, 0.15) is 5.75 Å². The molecule has 1 heterocycles.